The van der Waals surface area contributed by atoms with Crippen LogP contribution in [0.2, 0.25) is 0 Å². The van der Waals surface area contributed by atoms with Crippen LogP contribution in [0.15, 0.2) is 75.8 Å². The Kier molecular flexibility index (Phi) is 5.54. The molecule has 2 heterocycles. The lowest BCUT2D eigenvalue weighted by molar-refractivity contribution is -0.128. The van der Waals surface area contributed by atoms with Crippen LogP contribution in [0.3, 0.4) is 0 Å². The second-order valence-electron chi connectivity index (χ2n) is 6.35. The Hall–Kier alpha value is -2.51. The van der Waals surface area contributed by atoms with Crippen molar-refractivity contribution in [2.75, 3.05) is 11.1 Å². The zero-order valence-corrected chi connectivity index (χ0v) is 17.2. The Morgan fingerprint density at radius 3 is 2.57 bits per heavy atom. The van der Waals surface area contributed by atoms with E-state index >= 15 is 0 Å². The minimum absolute atomic E-state index is 0.0822. The van der Waals surface area contributed by atoms with Gasteiger partial charge in [0.15, 0.2) is 0 Å². The Labute approximate surface area is 175 Å². The first-order valence-corrected chi connectivity index (χ1v) is 10.5. The van der Waals surface area contributed by atoms with Gasteiger partial charge in [0.05, 0.1) is 18.6 Å². The highest BCUT2D eigenvalue weighted by Crippen LogP contribution is 2.39. The Bertz CT molecular complexity index is 972. The number of benzene rings is 2. The molecule has 28 heavy (non-hydrogen) atoms. The van der Waals surface area contributed by atoms with E-state index in [1.807, 2.05) is 48.5 Å². The summed E-state index contributed by atoms with van der Waals surface area (Å²) < 4.78 is 6.34. The van der Waals surface area contributed by atoms with Crippen LogP contribution >= 0.6 is 27.7 Å². The third-order valence-electron chi connectivity index (χ3n) is 4.43. The zero-order chi connectivity index (χ0) is 19.5. The molecule has 1 aliphatic rings. The number of anilines is 1. The number of hydrogen-bond acceptors (Lipinski definition) is 4. The molecule has 0 bridgehead atoms. The highest BCUT2D eigenvalue weighted by molar-refractivity contribution is 9.10. The number of rotatable bonds is 5. The van der Waals surface area contributed by atoms with Crippen LogP contribution < -0.4 is 5.32 Å². The van der Waals surface area contributed by atoms with Gasteiger partial charge in [-0.2, -0.15) is 0 Å². The summed E-state index contributed by atoms with van der Waals surface area (Å²) in [7, 11) is 0. The van der Waals surface area contributed by atoms with Gasteiger partial charge in [-0.25, -0.2) is 0 Å². The number of halogens is 1. The highest BCUT2D eigenvalue weighted by atomic mass is 79.9. The van der Waals surface area contributed by atoms with Crippen molar-refractivity contribution in [3.8, 4) is 0 Å². The predicted molar refractivity (Wildman–Crippen MR) is 113 cm³/mol. The van der Waals surface area contributed by atoms with Crippen LogP contribution in [0, 0.1) is 0 Å². The van der Waals surface area contributed by atoms with Crippen molar-refractivity contribution in [3.05, 3.63) is 88.3 Å². The fourth-order valence-corrected chi connectivity index (χ4v) is 4.46. The van der Waals surface area contributed by atoms with Crippen LogP contribution in [-0.4, -0.2) is 22.5 Å². The number of amides is 2. The van der Waals surface area contributed by atoms with Crippen LogP contribution in [-0.2, 0) is 11.3 Å². The second-order valence-corrected chi connectivity index (χ2v) is 8.33. The first-order valence-electron chi connectivity index (χ1n) is 8.70. The Balaban J connectivity index is 1.46. The fraction of sp³-hybridized carbons (Fsp3) is 0.143. The molecular weight excluding hydrogens is 440 g/mol. The number of thioether (sulfide) groups is 1. The normalized spacial score (nSPS) is 16.4. The zero-order valence-electron chi connectivity index (χ0n) is 14.8. The predicted octanol–water partition coefficient (Wildman–Crippen LogP) is 5.07. The van der Waals surface area contributed by atoms with E-state index in [0.717, 1.165) is 21.5 Å². The van der Waals surface area contributed by atoms with E-state index in [-0.39, 0.29) is 17.2 Å². The van der Waals surface area contributed by atoms with Crippen molar-refractivity contribution in [1.82, 2.24) is 4.90 Å². The van der Waals surface area contributed by atoms with Crippen molar-refractivity contribution in [2.24, 2.45) is 0 Å². The number of nitrogens with zero attached hydrogens (tertiary/aromatic N) is 1. The summed E-state index contributed by atoms with van der Waals surface area (Å²) in [6.07, 6.45) is 1.61. The maximum Gasteiger partial charge on any atom is 0.255 e. The summed E-state index contributed by atoms with van der Waals surface area (Å²) in [5, 5.41) is 2.80. The van der Waals surface area contributed by atoms with Crippen molar-refractivity contribution < 1.29 is 14.0 Å². The molecular formula is C21H17BrN2O3S. The topological polar surface area (TPSA) is 62.6 Å². The lowest BCUT2D eigenvalue weighted by Crippen LogP contribution is -2.27. The van der Waals surface area contributed by atoms with Gasteiger partial charge < -0.3 is 14.6 Å². The highest BCUT2D eigenvalue weighted by Gasteiger charge is 2.33. The maximum atomic E-state index is 12.5. The Morgan fingerprint density at radius 1 is 1.14 bits per heavy atom. The van der Waals surface area contributed by atoms with Crippen molar-refractivity contribution in [1.29, 1.82) is 0 Å². The van der Waals surface area contributed by atoms with Gasteiger partial charge in [0.1, 0.15) is 11.1 Å². The van der Waals surface area contributed by atoms with Gasteiger partial charge in [0.25, 0.3) is 5.91 Å². The molecule has 3 aromatic rings. The monoisotopic (exact) mass is 456 g/mol. The molecule has 7 heteroatoms. The number of furan rings is 1. The van der Waals surface area contributed by atoms with Crippen LogP contribution in [0.5, 0.6) is 0 Å². The lowest BCUT2D eigenvalue weighted by atomic mass is 10.1. The molecule has 0 radical (unpaired) electrons. The molecule has 1 aliphatic heterocycles. The van der Waals surface area contributed by atoms with Crippen molar-refractivity contribution in [3.63, 3.8) is 0 Å². The first kappa shape index (κ1) is 18.8. The summed E-state index contributed by atoms with van der Waals surface area (Å²) in [6.45, 7) is 0.440. The minimum atomic E-state index is -0.170. The van der Waals surface area contributed by atoms with Gasteiger partial charge in [-0.05, 0) is 54.1 Å². The summed E-state index contributed by atoms with van der Waals surface area (Å²) in [4.78, 5) is 26.5. The van der Waals surface area contributed by atoms with Crippen LogP contribution in [0.25, 0.3) is 0 Å². The number of carbonyl (C=O) groups excluding carboxylic acids is 2. The van der Waals surface area contributed by atoms with Crippen molar-refractivity contribution in [2.45, 2.75) is 11.9 Å². The quantitative estimate of drug-likeness (QED) is 0.581. The third kappa shape index (κ3) is 4.15. The first-order chi connectivity index (χ1) is 13.6. The molecule has 1 N–H and O–H groups in total. The standard InChI is InChI=1S/C21H17BrN2O3S/c22-16-7-9-17(10-8-16)23-20(26)14-3-5-15(6-4-14)21-24(19(25)13-28-21)12-18-2-1-11-27-18/h1-11,21H,12-13H2,(H,23,26)/t21-/m1/s1. The summed E-state index contributed by atoms with van der Waals surface area (Å²) >= 11 is 4.96. The molecule has 2 amide bonds. The molecule has 0 aliphatic carbocycles. The van der Waals surface area contributed by atoms with E-state index in [0.29, 0.717) is 17.9 Å². The van der Waals surface area contributed by atoms with E-state index in [2.05, 4.69) is 21.2 Å². The molecule has 5 nitrogen and oxygen atoms in total. The number of carbonyl (C=O) groups is 2. The van der Waals surface area contributed by atoms with Gasteiger partial charge >= 0.3 is 0 Å². The summed E-state index contributed by atoms with van der Waals surface area (Å²) in [6, 6.07) is 18.5. The molecule has 4 rings (SSSR count). The minimum Gasteiger partial charge on any atom is -0.467 e. The molecule has 142 valence electrons. The smallest absolute Gasteiger partial charge is 0.255 e. The number of hydrogen-bond donors (Lipinski definition) is 1. The van der Waals surface area contributed by atoms with Gasteiger partial charge in [-0.1, -0.05) is 28.1 Å². The van der Waals surface area contributed by atoms with Gasteiger partial charge in [0.2, 0.25) is 5.91 Å². The van der Waals surface area contributed by atoms with Gasteiger partial charge in [0, 0.05) is 15.7 Å². The maximum absolute atomic E-state index is 12.5. The molecule has 0 saturated carbocycles. The van der Waals surface area contributed by atoms with Crippen LogP contribution in [0.4, 0.5) is 5.69 Å². The molecule has 1 atom stereocenters. The third-order valence-corrected chi connectivity index (χ3v) is 6.22. The molecule has 0 unspecified atom stereocenters. The summed E-state index contributed by atoms with van der Waals surface area (Å²) in [5.74, 6) is 1.11. The summed E-state index contributed by atoms with van der Waals surface area (Å²) in [5.41, 5.74) is 2.29. The van der Waals surface area contributed by atoms with Gasteiger partial charge in [-0.3, -0.25) is 9.59 Å². The van der Waals surface area contributed by atoms with E-state index in [1.165, 1.54) is 0 Å². The molecule has 0 spiro atoms. The SMILES string of the molecule is O=C(Nc1ccc(Br)cc1)c1ccc([C@H]2SCC(=O)N2Cc2ccco2)cc1. The molecule has 2 aromatic carbocycles. The average molecular weight is 457 g/mol. The van der Waals surface area contributed by atoms with E-state index < -0.39 is 0 Å². The van der Waals surface area contributed by atoms with E-state index in [1.54, 1.807) is 35.1 Å². The molecule has 1 fully saturated rings. The van der Waals surface area contributed by atoms with E-state index in [4.69, 9.17) is 4.42 Å². The molecule has 1 saturated heterocycles. The second kappa shape index (κ2) is 8.24. The number of nitrogens with one attached hydrogen (secondary N) is 1. The largest absolute Gasteiger partial charge is 0.467 e. The Morgan fingerprint density at radius 2 is 1.89 bits per heavy atom. The van der Waals surface area contributed by atoms with E-state index in [9.17, 15) is 9.59 Å². The van der Waals surface area contributed by atoms with Crippen molar-refractivity contribution >= 4 is 45.2 Å². The molecule has 1 aromatic heterocycles. The lowest BCUT2D eigenvalue weighted by Gasteiger charge is -2.23. The van der Waals surface area contributed by atoms with Gasteiger partial charge in [-0.15, -0.1) is 11.8 Å². The van der Waals surface area contributed by atoms with Crippen LogP contribution in [0.1, 0.15) is 27.1 Å². The fourth-order valence-electron chi connectivity index (χ4n) is 3.01. The average Bonchev–Trinajstić information content (AvgIpc) is 3.35.